The first kappa shape index (κ1) is 17.0. The van der Waals surface area contributed by atoms with Crippen LogP contribution in [0.25, 0.3) is 0 Å². The highest BCUT2D eigenvalue weighted by Gasteiger charge is 2.40. The van der Waals surface area contributed by atoms with Crippen LogP contribution >= 0.6 is 0 Å². The monoisotopic (exact) mass is 339 g/mol. The molecule has 3 rings (SSSR count). The largest absolute Gasteiger partial charge is 0.496 e. The average molecular weight is 339 g/mol. The smallest absolute Gasteiger partial charge is 0.308 e. The zero-order valence-electron chi connectivity index (χ0n) is 14.1. The summed E-state index contributed by atoms with van der Waals surface area (Å²) in [7, 11) is 1.57. The lowest BCUT2D eigenvalue weighted by molar-refractivity contribution is -0.141. The fourth-order valence-electron chi connectivity index (χ4n) is 3.42. The summed E-state index contributed by atoms with van der Waals surface area (Å²) in [5.41, 5.74) is 1.77. The van der Waals surface area contributed by atoms with Crippen LogP contribution in [0.2, 0.25) is 0 Å². The number of hydrogen-bond acceptors (Lipinski definition) is 3. The van der Waals surface area contributed by atoms with Crippen LogP contribution in [0, 0.1) is 5.92 Å². The van der Waals surface area contributed by atoms with Crippen molar-refractivity contribution in [3.05, 3.63) is 65.7 Å². The highest BCUT2D eigenvalue weighted by Crippen LogP contribution is 2.33. The summed E-state index contributed by atoms with van der Waals surface area (Å²) in [6.07, 6.45) is 0.206. The number of nitrogens with zero attached hydrogens (tertiary/aromatic N) is 1. The molecule has 0 aliphatic carbocycles. The van der Waals surface area contributed by atoms with Gasteiger partial charge in [0, 0.05) is 24.6 Å². The fraction of sp³-hybridized carbons (Fsp3) is 0.300. The van der Waals surface area contributed by atoms with E-state index in [2.05, 4.69) is 0 Å². The fourth-order valence-corrected chi connectivity index (χ4v) is 3.42. The quantitative estimate of drug-likeness (QED) is 0.909. The van der Waals surface area contributed by atoms with Gasteiger partial charge >= 0.3 is 5.97 Å². The Labute approximate surface area is 146 Å². The van der Waals surface area contributed by atoms with Gasteiger partial charge in [-0.25, -0.2) is 0 Å². The van der Waals surface area contributed by atoms with E-state index in [9.17, 15) is 14.7 Å². The van der Waals surface area contributed by atoms with E-state index in [-0.39, 0.29) is 24.8 Å². The van der Waals surface area contributed by atoms with Crippen molar-refractivity contribution in [1.82, 2.24) is 4.90 Å². The predicted molar refractivity (Wildman–Crippen MR) is 93.6 cm³/mol. The minimum atomic E-state index is -0.860. The molecule has 0 aromatic heterocycles. The Morgan fingerprint density at radius 2 is 1.76 bits per heavy atom. The number of likely N-dealkylation sites (tertiary alicyclic amines) is 1. The van der Waals surface area contributed by atoms with E-state index in [1.54, 1.807) is 12.0 Å². The number of carboxylic acid groups (broad SMARTS) is 1. The predicted octanol–water partition coefficient (Wildman–Crippen LogP) is 2.56. The minimum Gasteiger partial charge on any atom is -0.496 e. The molecule has 0 spiro atoms. The number of benzene rings is 2. The lowest BCUT2D eigenvalue weighted by atomic mass is 9.89. The lowest BCUT2D eigenvalue weighted by Gasteiger charge is -2.17. The van der Waals surface area contributed by atoms with Gasteiger partial charge in [0.05, 0.1) is 19.4 Å². The summed E-state index contributed by atoms with van der Waals surface area (Å²) >= 11 is 0. The molecule has 0 unspecified atom stereocenters. The molecule has 2 aromatic rings. The van der Waals surface area contributed by atoms with Gasteiger partial charge in [0.15, 0.2) is 0 Å². The molecule has 130 valence electrons. The SMILES string of the molecule is COc1ccccc1CC(=O)N1C[C@H](C(=O)O)[C@H](c2ccccc2)C1. The van der Waals surface area contributed by atoms with Crippen molar-refractivity contribution in [2.45, 2.75) is 12.3 Å². The third kappa shape index (κ3) is 3.65. The molecule has 2 atom stereocenters. The highest BCUT2D eigenvalue weighted by molar-refractivity contribution is 5.82. The maximum atomic E-state index is 12.7. The first-order valence-electron chi connectivity index (χ1n) is 8.27. The topological polar surface area (TPSA) is 66.8 Å². The molecule has 1 heterocycles. The third-order valence-corrected chi connectivity index (χ3v) is 4.75. The zero-order valence-corrected chi connectivity index (χ0v) is 14.1. The average Bonchev–Trinajstić information content (AvgIpc) is 3.09. The second-order valence-electron chi connectivity index (χ2n) is 6.25. The van der Waals surface area contributed by atoms with Gasteiger partial charge in [-0.1, -0.05) is 48.5 Å². The van der Waals surface area contributed by atoms with Crippen LogP contribution in [0.4, 0.5) is 0 Å². The van der Waals surface area contributed by atoms with E-state index in [0.29, 0.717) is 12.3 Å². The van der Waals surface area contributed by atoms with Crippen LogP contribution in [0.1, 0.15) is 17.0 Å². The number of para-hydroxylation sites is 1. The Hall–Kier alpha value is -2.82. The van der Waals surface area contributed by atoms with Gasteiger partial charge in [-0.05, 0) is 11.6 Å². The molecule has 5 nitrogen and oxygen atoms in total. The first-order chi connectivity index (χ1) is 12.1. The van der Waals surface area contributed by atoms with Gasteiger partial charge in [0.25, 0.3) is 0 Å². The number of carboxylic acids is 1. The van der Waals surface area contributed by atoms with E-state index in [1.807, 2.05) is 54.6 Å². The van der Waals surface area contributed by atoms with Crippen LogP contribution in [-0.4, -0.2) is 42.1 Å². The van der Waals surface area contributed by atoms with Crippen LogP contribution in [-0.2, 0) is 16.0 Å². The van der Waals surface area contributed by atoms with Crippen LogP contribution < -0.4 is 4.74 Å². The lowest BCUT2D eigenvalue weighted by Crippen LogP contribution is -2.31. The molecule has 0 radical (unpaired) electrons. The van der Waals surface area contributed by atoms with Crippen molar-refractivity contribution < 1.29 is 19.4 Å². The first-order valence-corrected chi connectivity index (χ1v) is 8.27. The summed E-state index contributed by atoms with van der Waals surface area (Å²) in [4.78, 5) is 26.0. The Balaban J connectivity index is 1.77. The van der Waals surface area contributed by atoms with Gasteiger partial charge in [-0.15, -0.1) is 0 Å². The van der Waals surface area contributed by atoms with Crippen molar-refractivity contribution in [3.63, 3.8) is 0 Å². The number of hydrogen-bond donors (Lipinski definition) is 1. The number of rotatable bonds is 5. The molecule has 1 amide bonds. The number of carbonyl (C=O) groups is 2. The number of amides is 1. The molecule has 1 N–H and O–H groups in total. The molecule has 0 bridgehead atoms. The third-order valence-electron chi connectivity index (χ3n) is 4.75. The van der Waals surface area contributed by atoms with Gasteiger partial charge in [0.2, 0.25) is 5.91 Å². The zero-order chi connectivity index (χ0) is 17.8. The second-order valence-corrected chi connectivity index (χ2v) is 6.25. The van der Waals surface area contributed by atoms with E-state index >= 15 is 0 Å². The summed E-state index contributed by atoms with van der Waals surface area (Å²) < 4.78 is 5.29. The highest BCUT2D eigenvalue weighted by atomic mass is 16.5. The molecule has 1 aliphatic heterocycles. The van der Waals surface area contributed by atoms with Crippen molar-refractivity contribution in [2.75, 3.05) is 20.2 Å². The van der Waals surface area contributed by atoms with Gasteiger partial charge in [-0.3, -0.25) is 9.59 Å². The van der Waals surface area contributed by atoms with Gasteiger partial charge < -0.3 is 14.7 Å². The maximum Gasteiger partial charge on any atom is 0.308 e. The van der Waals surface area contributed by atoms with Crippen molar-refractivity contribution >= 4 is 11.9 Å². The molecule has 0 saturated carbocycles. The Morgan fingerprint density at radius 1 is 1.08 bits per heavy atom. The number of aliphatic carboxylic acids is 1. The van der Waals surface area contributed by atoms with Crippen LogP contribution in [0.5, 0.6) is 5.75 Å². The Morgan fingerprint density at radius 3 is 2.44 bits per heavy atom. The molecular formula is C20H21NO4. The minimum absolute atomic E-state index is 0.0748. The molecule has 5 heteroatoms. The van der Waals surface area contributed by atoms with E-state index < -0.39 is 11.9 Å². The maximum absolute atomic E-state index is 12.7. The summed E-state index contributed by atoms with van der Waals surface area (Å²) in [5, 5.41) is 9.56. The van der Waals surface area contributed by atoms with Crippen molar-refractivity contribution in [2.24, 2.45) is 5.92 Å². The van der Waals surface area contributed by atoms with Crippen LogP contribution in [0.15, 0.2) is 54.6 Å². The summed E-state index contributed by atoms with van der Waals surface area (Å²) in [6, 6.07) is 16.9. The van der Waals surface area contributed by atoms with Crippen LogP contribution in [0.3, 0.4) is 0 Å². The molecule has 25 heavy (non-hydrogen) atoms. The second kappa shape index (κ2) is 7.38. The van der Waals surface area contributed by atoms with E-state index in [1.165, 1.54) is 0 Å². The van der Waals surface area contributed by atoms with Gasteiger partial charge in [-0.2, -0.15) is 0 Å². The Kier molecular flexibility index (Phi) is 5.03. The Bertz CT molecular complexity index is 759. The molecule has 1 saturated heterocycles. The number of ether oxygens (including phenoxy) is 1. The standard InChI is InChI=1S/C20H21NO4/c1-25-18-10-6-5-9-15(18)11-19(22)21-12-16(17(13-21)20(23)24)14-7-3-2-4-8-14/h2-10,16-17H,11-13H2,1H3,(H,23,24)/t16-,17-/m0/s1. The summed E-state index contributed by atoms with van der Waals surface area (Å²) in [5.74, 6) is -1.02. The normalized spacial score (nSPS) is 19.6. The molecule has 2 aromatic carbocycles. The number of carbonyl (C=O) groups excluding carboxylic acids is 1. The number of methoxy groups -OCH3 is 1. The molecule has 1 aliphatic rings. The summed E-state index contributed by atoms with van der Waals surface area (Å²) in [6.45, 7) is 0.665. The van der Waals surface area contributed by atoms with Gasteiger partial charge in [0.1, 0.15) is 5.75 Å². The molecule has 1 fully saturated rings. The van der Waals surface area contributed by atoms with Crippen molar-refractivity contribution in [3.8, 4) is 5.75 Å². The van der Waals surface area contributed by atoms with E-state index in [4.69, 9.17) is 4.74 Å². The molecular weight excluding hydrogens is 318 g/mol. The van der Waals surface area contributed by atoms with E-state index in [0.717, 1.165) is 11.1 Å². The van der Waals surface area contributed by atoms with Crippen molar-refractivity contribution in [1.29, 1.82) is 0 Å².